The third-order valence-corrected chi connectivity index (χ3v) is 4.55. The largest absolute Gasteiger partial charge is 0.507 e. The van der Waals surface area contributed by atoms with Gasteiger partial charge < -0.3 is 15.2 Å². The molecule has 0 aliphatic rings. The van der Waals surface area contributed by atoms with Gasteiger partial charge >= 0.3 is 0 Å². The molecule has 9 heteroatoms. The SMILES string of the molecule is COCCCNc1ccc(N=Nc2ccc([N+](=O)[O-])cc2Cl)c2c(O)cccc12. The maximum absolute atomic E-state index is 10.8. The molecule has 0 heterocycles. The fourth-order valence-electron chi connectivity index (χ4n) is 2.84. The van der Waals surface area contributed by atoms with Crippen LogP contribution in [0.2, 0.25) is 5.02 Å². The van der Waals surface area contributed by atoms with Crippen LogP contribution < -0.4 is 5.32 Å². The zero-order valence-electron chi connectivity index (χ0n) is 15.6. The van der Waals surface area contributed by atoms with Gasteiger partial charge in [-0.3, -0.25) is 10.1 Å². The molecule has 8 nitrogen and oxygen atoms in total. The van der Waals surface area contributed by atoms with Gasteiger partial charge in [0.2, 0.25) is 0 Å². The van der Waals surface area contributed by atoms with E-state index in [2.05, 4.69) is 15.5 Å². The number of nitro groups is 1. The number of methoxy groups -OCH3 is 1. The number of phenolic OH excluding ortho intramolecular Hbond substituents is 1. The van der Waals surface area contributed by atoms with Crippen molar-refractivity contribution in [1.82, 2.24) is 0 Å². The van der Waals surface area contributed by atoms with E-state index in [1.807, 2.05) is 12.1 Å². The molecule has 0 fully saturated rings. The highest BCUT2D eigenvalue weighted by atomic mass is 35.5. The molecule has 0 aliphatic heterocycles. The first-order chi connectivity index (χ1) is 14.0. The minimum atomic E-state index is -0.531. The summed E-state index contributed by atoms with van der Waals surface area (Å²) in [6, 6.07) is 12.8. The molecule has 29 heavy (non-hydrogen) atoms. The Balaban J connectivity index is 1.94. The number of phenols is 1. The summed E-state index contributed by atoms with van der Waals surface area (Å²) in [6.45, 7) is 1.37. The molecule has 0 spiro atoms. The molecule has 3 aromatic carbocycles. The summed E-state index contributed by atoms with van der Waals surface area (Å²) in [5.41, 5.74) is 1.48. The number of anilines is 1. The standard InChI is InChI=1S/C20H19ClN4O4/c1-29-11-3-10-22-16-8-9-18(20-14(16)4-2-5-19(20)26)24-23-17-7-6-13(25(27)28)12-15(17)21/h2,4-9,12,22,26H,3,10-11H2,1H3. The molecule has 0 aromatic heterocycles. The number of hydrogen-bond donors (Lipinski definition) is 2. The summed E-state index contributed by atoms with van der Waals surface area (Å²) >= 11 is 6.07. The van der Waals surface area contributed by atoms with Gasteiger partial charge in [-0.1, -0.05) is 23.7 Å². The zero-order chi connectivity index (χ0) is 20.8. The molecule has 0 saturated heterocycles. The summed E-state index contributed by atoms with van der Waals surface area (Å²) in [4.78, 5) is 10.3. The summed E-state index contributed by atoms with van der Waals surface area (Å²) in [7, 11) is 1.66. The molecular weight excluding hydrogens is 396 g/mol. The van der Waals surface area contributed by atoms with E-state index < -0.39 is 4.92 Å². The molecule has 150 valence electrons. The third-order valence-electron chi connectivity index (χ3n) is 4.24. The van der Waals surface area contributed by atoms with Crippen molar-refractivity contribution in [3.05, 3.63) is 63.7 Å². The van der Waals surface area contributed by atoms with E-state index in [4.69, 9.17) is 16.3 Å². The van der Waals surface area contributed by atoms with Crippen molar-refractivity contribution in [2.24, 2.45) is 10.2 Å². The van der Waals surface area contributed by atoms with Gasteiger partial charge in [-0.15, -0.1) is 10.2 Å². The van der Waals surface area contributed by atoms with Gasteiger partial charge in [0.25, 0.3) is 5.69 Å². The average Bonchev–Trinajstić information content (AvgIpc) is 2.71. The Kier molecular flexibility index (Phi) is 6.58. The van der Waals surface area contributed by atoms with Crippen LogP contribution in [0.4, 0.5) is 22.7 Å². The van der Waals surface area contributed by atoms with Gasteiger partial charge in [0.15, 0.2) is 0 Å². The summed E-state index contributed by atoms with van der Waals surface area (Å²) in [5, 5.41) is 34.3. The highest BCUT2D eigenvalue weighted by Crippen LogP contribution is 2.39. The van der Waals surface area contributed by atoms with Crippen molar-refractivity contribution in [3.8, 4) is 5.75 Å². The molecule has 3 rings (SSSR count). The lowest BCUT2D eigenvalue weighted by Gasteiger charge is -2.12. The Morgan fingerprint density at radius 3 is 2.66 bits per heavy atom. The first-order valence-corrected chi connectivity index (χ1v) is 9.22. The lowest BCUT2D eigenvalue weighted by molar-refractivity contribution is -0.384. The zero-order valence-corrected chi connectivity index (χ0v) is 16.4. The Labute approximate surface area is 171 Å². The second kappa shape index (κ2) is 9.31. The van der Waals surface area contributed by atoms with Gasteiger partial charge in [0, 0.05) is 43.5 Å². The van der Waals surface area contributed by atoms with E-state index in [1.54, 1.807) is 25.3 Å². The fourth-order valence-corrected chi connectivity index (χ4v) is 3.06. The van der Waals surface area contributed by atoms with Crippen molar-refractivity contribution >= 4 is 45.1 Å². The summed E-state index contributed by atoms with van der Waals surface area (Å²) < 4.78 is 5.05. The number of non-ortho nitro benzene ring substituents is 1. The van der Waals surface area contributed by atoms with Crippen LogP contribution in [0.5, 0.6) is 5.75 Å². The van der Waals surface area contributed by atoms with E-state index in [0.29, 0.717) is 23.4 Å². The number of azo groups is 1. The van der Waals surface area contributed by atoms with Crippen molar-refractivity contribution in [1.29, 1.82) is 0 Å². The predicted octanol–water partition coefficient (Wildman–Crippen LogP) is 5.97. The van der Waals surface area contributed by atoms with Crippen molar-refractivity contribution in [3.63, 3.8) is 0 Å². The minimum absolute atomic E-state index is 0.0757. The number of halogens is 1. The van der Waals surface area contributed by atoms with Crippen LogP contribution >= 0.6 is 11.6 Å². The lowest BCUT2D eigenvalue weighted by Crippen LogP contribution is -2.04. The molecule has 0 unspecified atom stereocenters. The Hall–Kier alpha value is -3.23. The molecule has 2 N–H and O–H groups in total. The molecule has 0 atom stereocenters. The Bertz CT molecular complexity index is 1070. The molecule has 0 radical (unpaired) electrons. The quantitative estimate of drug-likeness (QED) is 0.204. The number of nitrogens with zero attached hydrogens (tertiary/aromatic N) is 3. The molecule has 0 saturated carbocycles. The fraction of sp³-hybridized carbons (Fsp3) is 0.200. The Morgan fingerprint density at radius 2 is 1.93 bits per heavy atom. The second-order valence-electron chi connectivity index (χ2n) is 6.20. The number of nitrogens with one attached hydrogen (secondary N) is 1. The number of hydrogen-bond acceptors (Lipinski definition) is 7. The first-order valence-electron chi connectivity index (χ1n) is 8.84. The van der Waals surface area contributed by atoms with Crippen molar-refractivity contribution in [2.45, 2.75) is 6.42 Å². The average molecular weight is 415 g/mol. The van der Waals surface area contributed by atoms with E-state index in [9.17, 15) is 15.2 Å². The van der Waals surface area contributed by atoms with E-state index >= 15 is 0 Å². The number of rotatable bonds is 8. The number of fused-ring (bicyclic) bond motifs is 1. The van der Waals surface area contributed by atoms with Crippen molar-refractivity contribution in [2.75, 3.05) is 25.6 Å². The minimum Gasteiger partial charge on any atom is -0.507 e. The number of benzene rings is 3. The van der Waals surface area contributed by atoms with Crippen LogP contribution in [0.1, 0.15) is 6.42 Å². The topological polar surface area (TPSA) is 109 Å². The maximum atomic E-state index is 10.8. The summed E-state index contributed by atoms with van der Waals surface area (Å²) in [6.07, 6.45) is 0.844. The first kappa shape index (κ1) is 20.5. The molecule has 3 aromatic rings. The van der Waals surface area contributed by atoms with Gasteiger partial charge in [-0.05, 0) is 30.7 Å². The maximum Gasteiger partial charge on any atom is 0.271 e. The van der Waals surface area contributed by atoms with Crippen molar-refractivity contribution < 1.29 is 14.8 Å². The van der Waals surface area contributed by atoms with Crippen LogP contribution in [0.3, 0.4) is 0 Å². The molecule has 0 bridgehead atoms. The predicted molar refractivity (Wildman–Crippen MR) is 113 cm³/mol. The number of aromatic hydroxyl groups is 1. The van der Waals surface area contributed by atoms with E-state index in [1.165, 1.54) is 18.2 Å². The summed E-state index contributed by atoms with van der Waals surface area (Å²) in [5.74, 6) is 0.0757. The van der Waals surface area contributed by atoms with Gasteiger partial charge in [0.1, 0.15) is 11.4 Å². The normalized spacial score (nSPS) is 11.2. The van der Waals surface area contributed by atoms with Gasteiger partial charge in [0.05, 0.1) is 21.0 Å². The van der Waals surface area contributed by atoms with Gasteiger partial charge in [-0.2, -0.15) is 0 Å². The second-order valence-corrected chi connectivity index (χ2v) is 6.61. The van der Waals surface area contributed by atoms with Crippen LogP contribution in [0.15, 0.2) is 58.8 Å². The third kappa shape index (κ3) is 4.79. The van der Waals surface area contributed by atoms with E-state index in [0.717, 1.165) is 24.0 Å². The molecule has 0 aliphatic carbocycles. The number of nitro benzene ring substituents is 1. The monoisotopic (exact) mass is 414 g/mol. The van der Waals surface area contributed by atoms with Gasteiger partial charge in [-0.25, -0.2) is 0 Å². The Morgan fingerprint density at radius 1 is 1.17 bits per heavy atom. The van der Waals surface area contributed by atoms with Crippen LogP contribution in [-0.4, -0.2) is 30.3 Å². The van der Waals surface area contributed by atoms with E-state index in [-0.39, 0.29) is 16.5 Å². The highest BCUT2D eigenvalue weighted by molar-refractivity contribution is 6.33. The smallest absolute Gasteiger partial charge is 0.271 e. The van der Waals surface area contributed by atoms with Crippen LogP contribution in [0, 0.1) is 10.1 Å². The molecule has 0 amide bonds. The lowest BCUT2D eigenvalue weighted by atomic mass is 10.1. The number of ether oxygens (including phenoxy) is 1. The molecular formula is C20H19ClN4O4. The van der Waals surface area contributed by atoms with Crippen LogP contribution in [0.25, 0.3) is 10.8 Å². The van der Waals surface area contributed by atoms with Crippen LogP contribution in [-0.2, 0) is 4.74 Å². The highest BCUT2D eigenvalue weighted by Gasteiger charge is 2.11.